The molecule has 0 spiro atoms. The maximum absolute atomic E-state index is 11.1. The predicted molar refractivity (Wildman–Crippen MR) is 99.8 cm³/mol. The number of carbonyl (C=O) groups excluding carboxylic acids is 1. The molecule has 2 aromatic carbocycles. The summed E-state index contributed by atoms with van der Waals surface area (Å²) in [6, 6.07) is 14.2. The quantitative estimate of drug-likeness (QED) is 0.629. The monoisotopic (exact) mass is 367 g/mol. The van der Waals surface area contributed by atoms with Crippen molar-refractivity contribution < 1.29 is 9.53 Å². The van der Waals surface area contributed by atoms with E-state index in [1.165, 1.54) is 6.21 Å². The highest BCUT2D eigenvalue weighted by Crippen LogP contribution is 2.16. The Morgan fingerprint density at radius 1 is 1.19 bits per heavy atom. The summed E-state index contributed by atoms with van der Waals surface area (Å²) in [5.41, 5.74) is 2.04. The van der Waals surface area contributed by atoms with Crippen LogP contribution < -0.4 is 10.1 Å². The predicted octanol–water partition coefficient (Wildman–Crippen LogP) is 4.34. The first kappa shape index (κ1) is 17.5. The SMILES string of the molecule is C=C1N=NC(=O)N/C1=N/N=C/c1cccc(OCc2ccc(Cl)cc2)c1. The van der Waals surface area contributed by atoms with Crippen LogP contribution in [0.2, 0.25) is 5.02 Å². The highest BCUT2D eigenvalue weighted by molar-refractivity contribution is 6.30. The van der Waals surface area contributed by atoms with Crippen LogP contribution in [-0.4, -0.2) is 18.1 Å². The fourth-order valence-corrected chi connectivity index (χ4v) is 2.15. The van der Waals surface area contributed by atoms with Gasteiger partial charge in [0.15, 0.2) is 5.84 Å². The molecule has 0 radical (unpaired) electrons. The number of urea groups is 1. The molecular weight excluding hydrogens is 354 g/mol. The molecule has 0 unspecified atom stereocenters. The van der Waals surface area contributed by atoms with Crippen LogP contribution in [-0.2, 0) is 6.61 Å². The van der Waals surface area contributed by atoms with E-state index < -0.39 is 6.03 Å². The number of nitrogens with one attached hydrogen (secondary N) is 1. The van der Waals surface area contributed by atoms with Gasteiger partial charge in [-0.25, -0.2) is 4.79 Å². The molecule has 0 saturated heterocycles. The molecule has 2 amide bonds. The number of rotatable bonds is 5. The van der Waals surface area contributed by atoms with Crippen molar-refractivity contribution in [2.24, 2.45) is 20.4 Å². The number of benzene rings is 2. The molecule has 7 nitrogen and oxygen atoms in total. The lowest BCUT2D eigenvalue weighted by Crippen LogP contribution is -2.31. The zero-order chi connectivity index (χ0) is 18.4. The number of carbonyl (C=O) groups is 1. The Morgan fingerprint density at radius 2 is 2.00 bits per heavy atom. The van der Waals surface area contributed by atoms with Crippen LogP contribution in [0.1, 0.15) is 11.1 Å². The van der Waals surface area contributed by atoms with Crippen LogP contribution in [0.15, 0.2) is 81.2 Å². The van der Waals surface area contributed by atoms with Crippen molar-refractivity contribution in [1.82, 2.24) is 5.32 Å². The van der Waals surface area contributed by atoms with Crippen LogP contribution in [0.4, 0.5) is 4.79 Å². The number of amidine groups is 1. The molecule has 0 bridgehead atoms. The maximum atomic E-state index is 11.1. The number of halogens is 1. The summed E-state index contributed by atoms with van der Waals surface area (Å²) in [5.74, 6) is 0.858. The molecule has 2 aromatic rings. The number of ether oxygens (including phenoxy) is 1. The second-order valence-electron chi connectivity index (χ2n) is 5.26. The Kier molecular flexibility index (Phi) is 5.50. The van der Waals surface area contributed by atoms with Gasteiger partial charge in [0, 0.05) is 5.02 Å². The Balaban J connectivity index is 1.63. The van der Waals surface area contributed by atoms with Gasteiger partial charge in [-0.3, -0.25) is 5.32 Å². The van der Waals surface area contributed by atoms with Crippen LogP contribution >= 0.6 is 11.6 Å². The van der Waals surface area contributed by atoms with Crippen LogP contribution in [0.5, 0.6) is 5.75 Å². The van der Waals surface area contributed by atoms with E-state index >= 15 is 0 Å². The van der Waals surface area contributed by atoms with E-state index in [0.717, 1.165) is 11.1 Å². The molecule has 0 aromatic heterocycles. The van der Waals surface area contributed by atoms with Crippen LogP contribution in [0.25, 0.3) is 0 Å². The van der Waals surface area contributed by atoms with Gasteiger partial charge in [-0.1, -0.05) is 47.6 Å². The average Bonchev–Trinajstić information content (AvgIpc) is 2.64. The molecule has 1 N–H and O–H groups in total. The molecule has 0 fully saturated rings. The van der Waals surface area contributed by atoms with Gasteiger partial charge in [0.2, 0.25) is 0 Å². The number of hydrogen-bond donors (Lipinski definition) is 1. The number of nitrogens with zero attached hydrogens (tertiary/aromatic N) is 4. The fraction of sp³-hybridized carbons (Fsp3) is 0.0556. The van der Waals surface area contributed by atoms with Crippen molar-refractivity contribution >= 4 is 29.7 Å². The first-order valence-corrected chi connectivity index (χ1v) is 7.98. The van der Waals surface area contributed by atoms with Crippen molar-refractivity contribution in [3.05, 3.63) is 77.0 Å². The Morgan fingerprint density at radius 3 is 2.81 bits per heavy atom. The summed E-state index contributed by atoms with van der Waals surface area (Å²) in [5, 5.41) is 17.8. The van der Waals surface area contributed by atoms with Gasteiger partial charge in [-0.2, -0.15) is 5.10 Å². The third-order valence-corrected chi connectivity index (χ3v) is 3.55. The molecule has 1 aliphatic heterocycles. The van der Waals surface area contributed by atoms with Crippen LogP contribution in [0, 0.1) is 0 Å². The first-order chi connectivity index (χ1) is 12.6. The molecule has 3 rings (SSSR count). The molecule has 0 aliphatic carbocycles. The van der Waals surface area contributed by atoms with E-state index in [1.54, 1.807) is 0 Å². The number of hydrogen-bond acceptors (Lipinski definition) is 5. The second kappa shape index (κ2) is 8.17. The Hall–Kier alpha value is -3.32. The third kappa shape index (κ3) is 4.84. The molecular formula is C18H14ClN5O2. The standard InChI is InChI=1S/C18H14ClN5O2/c1-12-17(21-18(25)24-22-12)23-20-10-14-3-2-4-16(9-14)26-11-13-5-7-15(19)8-6-13/h2-10H,1,11H2,(H,21,23,25)/b20-10+. The van der Waals surface area contributed by atoms with Crippen molar-refractivity contribution in [1.29, 1.82) is 0 Å². The van der Waals surface area contributed by atoms with Gasteiger partial charge in [-0.05, 0) is 35.4 Å². The lowest BCUT2D eigenvalue weighted by molar-refractivity contribution is 0.251. The number of amides is 2. The van der Waals surface area contributed by atoms with Crippen molar-refractivity contribution in [2.45, 2.75) is 6.61 Å². The summed E-state index contributed by atoms with van der Waals surface area (Å²) >= 11 is 5.87. The Labute approximate surface area is 154 Å². The van der Waals surface area contributed by atoms with E-state index in [1.807, 2.05) is 48.5 Å². The topological polar surface area (TPSA) is 87.8 Å². The van der Waals surface area contributed by atoms with E-state index in [4.69, 9.17) is 16.3 Å². The molecule has 0 saturated carbocycles. The molecule has 130 valence electrons. The first-order valence-electron chi connectivity index (χ1n) is 7.60. The largest absolute Gasteiger partial charge is 0.489 e. The molecule has 1 aliphatic rings. The van der Waals surface area contributed by atoms with Crippen molar-refractivity contribution in [2.75, 3.05) is 0 Å². The van der Waals surface area contributed by atoms with Gasteiger partial charge in [0.05, 0.1) is 6.21 Å². The minimum Gasteiger partial charge on any atom is -0.489 e. The molecule has 8 heteroatoms. The van der Waals surface area contributed by atoms with Gasteiger partial charge in [-0.15, -0.1) is 10.2 Å². The van der Waals surface area contributed by atoms with E-state index in [9.17, 15) is 4.79 Å². The summed E-state index contributed by atoms with van der Waals surface area (Å²) in [4.78, 5) is 11.1. The zero-order valence-electron chi connectivity index (χ0n) is 13.6. The minimum absolute atomic E-state index is 0.163. The summed E-state index contributed by atoms with van der Waals surface area (Å²) in [6.07, 6.45) is 1.54. The third-order valence-electron chi connectivity index (χ3n) is 3.30. The second-order valence-corrected chi connectivity index (χ2v) is 5.69. The summed E-state index contributed by atoms with van der Waals surface area (Å²) < 4.78 is 5.76. The minimum atomic E-state index is -0.607. The maximum Gasteiger partial charge on any atom is 0.365 e. The zero-order valence-corrected chi connectivity index (χ0v) is 14.3. The van der Waals surface area contributed by atoms with Gasteiger partial charge in [0.1, 0.15) is 18.1 Å². The van der Waals surface area contributed by atoms with E-state index in [2.05, 4.69) is 32.3 Å². The smallest absolute Gasteiger partial charge is 0.365 e. The summed E-state index contributed by atoms with van der Waals surface area (Å²) in [7, 11) is 0. The normalized spacial score (nSPS) is 15.5. The van der Waals surface area contributed by atoms with E-state index in [-0.39, 0.29) is 11.5 Å². The van der Waals surface area contributed by atoms with Gasteiger partial charge in [0.25, 0.3) is 0 Å². The number of azo groups is 1. The van der Waals surface area contributed by atoms with Crippen molar-refractivity contribution in [3.8, 4) is 5.75 Å². The van der Waals surface area contributed by atoms with Crippen molar-refractivity contribution in [3.63, 3.8) is 0 Å². The summed E-state index contributed by atoms with van der Waals surface area (Å²) in [6.45, 7) is 4.05. The van der Waals surface area contributed by atoms with Gasteiger partial charge >= 0.3 is 6.03 Å². The van der Waals surface area contributed by atoms with Gasteiger partial charge < -0.3 is 4.74 Å². The highest BCUT2D eigenvalue weighted by Gasteiger charge is 2.13. The Bertz CT molecular complexity index is 919. The lowest BCUT2D eigenvalue weighted by atomic mass is 10.2. The molecule has 1 heterocycles. The highest BCUT2D eigenvalue weighted by atomic mass is 35.5. The molecule has 26 heavy (non-hydrogen) atoms. The molecule has 0 atom stereocenters. The lowest BCUT2D eigenvalue weighted by Gasteiger charge is -2.07. The van der Waals surface area contributed by atoms with Crippen LogP contribution in [0.3, 0.4) is 0 Å². The van der Waals surface area contributed by atoms with E-state index in [0.29, 0.717) is 17.4 Å². The average molecular weight is 368 g/mol. The fourth-order valence-electron chi connectivity index (χ4n) is 2.02.